The minimum atomic E-state index is -0.304. The number of amides is 1. The molecular weight excluding hydrogens is 295 g/mol. The van der Waals surface area contributed by atoms with Crippen molar-refractivity contribution in [1.82, 2.24) is 19.7 Å². The summed E-state index contributed by atoms with van der Waals surface area (Å²) in [7, 11) is 0. The highest BCUT2D eigenvalue weighted by Crippen LogP contribution is 2.21. The van der Waals surface area contributed by atoms with E-state index in [0.29, 0.717) is 11.5 Å². The molecule has 5 nitrogen and oxygen atoms in total. The van der Waals surface area contributed by atoms with E-state index in [9.17, 15) is 9.18 Å². The Hall–Kier alpha value is -2.24. The molecular formula is C17H21FN4O. The number of piperidine rings is 1. The molecule has 0 N–H and O–H groups in total. The second-order valence-electron chi connectivity index (χ2n) is 5.93. The fourth-order valence-corrected chi connectivity index (χ4v) is 3.13. The minimum absolute atomic E-state index is 0.111. The van der Waals surface area contributed by atoms with Gasteiger partial charge in [0, 0.05) is 12.6 Å². The summed E-state index contributed by atoms with van der Waals surface area (Å²) in [6, 6.07) is 6.27. The summed E-state index contributed by atoms with van der Waals surface area (Å²) in [6.07, 6.45) is 4.18. The van der Waals surface area contributed by atoms with Gasteiger partial charge in [-0.25, -0.2) is 14.1 Å². The standard InChI is InChI=1S/C17H21FN4O/c1-3-14-6-4-5-11-21(14)17(23)16-19-12(2)22(20-16)15-9-7-13(18)8-10-15/h7-10,14H,3-6,11H2,1-2H3/t14-/m1/s1. The molecule has 1 aliphatic heterocycles. The second kappa shape index (κ2) is 6.48. The Morgan fingerprint density at radius 3 is 2.74 bits per heavy atom. The van der Waals surface area contributed by atoms with Gasteiger partial charge in [-0.15, -0.1) is 5.10 Å². The molecule has 0 spiro atoms. The summed E-state index contributed by atoms with van der Waals surface area (Å²) >= 11 is 0. The van der Waals surface area contributed by atoms with Crippen molar-refractivity contribution in [2.24, 2.45) is 0 Å². The molecule has 1 aliphatic rings. The lowest BCUT2D eigenvalue weighted by atomic mass is 10.00. The van der Waals surface area contributed by atoms with E-state index in [0.717, 1.165) is 25.8 Å². The SMILES string of the molecule is CC[C@@H]1CCCCN1C(=O)c1nc(C)n(-c2ccc(F)cc2)n1. The lowest BCUT2D eigenvalue weighted by molar-refractivity contribution is 0.0595. The molecule has 1 aromatic heterocycles. The molecule has 0 bridgehead atoms. The first kappa shape index (κ1) is 15.6. The number of benzene rings is 1. The van der Waals surface area contributed by atoms with E-state index >= 15 is 0 Å². The summed E-state index contributed by atoms with van der Waals surface area (Å²) in [5.74, 6) is 0.416. The van der Waals surface area contributed by atoms with Gasteiger partial charge in [0.05, 0.1) is 5.69 Å². The molecule has 0 radical (unpaired) electrons. The smallest absolute Gasteiger partial charge is 0.293 e. The number of likely N-dealkylation sites (tertiary alicyclic amines) is 1. The number of hydrogen-bond acceptors (Lipinski definition) is 3. The summed E-state index contributed by atoms with van der Waals surface area (Å²) in [5.41, 5.74) is 0.695. The first-order valence-electron chi connectivity index (χ1n) is 8.10. The lowest BCUT2D eigenvalue weighted by Crippen LogP contribution is -2.43. The highest BCUT2D eigenvalue weighted by atomic mass is 19.1. The highest BCUT2D eigenvalue weighted by molar-refractivity contribution is 5.90. The molecule has 1 aromatic carbocycles. The maximum absolute atomic E-state index is 13.1. The van der Waals surface area contributed by atoms with Gasteiger partial charge in [-0.05, 0) is 56.9 Å². The van der Waals surface area contributed by atoms with Crippen LogP contribution in [0.5, 0.6) is 0 Å². The third-order valence-electron chi connectivity index (χ3n) is 4.39. The number of carbonyl (C=O) groups excluding carboxylic acids is 1. The predicted molar refractivity (Wildman–Crippen MR) is 85.0 cm³/mol. The van der Waals surface area contributed by atoms with Crippen LogP contribution < -0.4 is 0 Å². The van der Waals surface area contributed by atoms with E-state index in [1.54, 1.807) is 23.7 Å². The normalized spacial score (nSPS) is 18.2. The van der Waals surface area contributed by atoms with Crippen LogP contribution in [0, 0.1) is 12.7 Å². The molecule has 2 aromatic rings. The van der Waals surface area contributed by atoms with E-state index in [4.69, 9.17) is 0 Å². The largest absolute Gasteiger partial charge is 0.333 e. The Bertz CT molecular complexity index is 695. The topological polar surface area (TPSA) is 51.0 Å². The minimum Gasteiger partial charge on any atom is -0.333 e. The van der Waals surface area contributed by atoms with Gasteiger partial charge in [-0.2, -0.15) is 0 Å². The van der Waals surface area contributed by atoms with E-state index in [1.807, 2.05) is 4.90 Å². The zero-order valence-electron chi connectivity index (χ0n) is 13.5. The zero-order chi connectivity index (χ0) is 16.4. The predicted octanol–water partition coefficient (Wildman–Crippen LogP) is 3.12. The Morgan fingerprint density at radius 2 is 2.04 bits per heavy atom. The van der Waals surface area contributed by atoms with Crippen LogP contribution in [0.15, 0.2) is 24.3 Å². The van der Waals surface area contributed by atoms with Crippen molar-refractivity contribution in [3.8, 4) is 5.69 Å². The Morgan fingerprint density at radius 1 is 1.30 bits per heavy atom. The number of halogens is 1. The molecule has 3 rings (SSSR count). The van der Waals surface area contributed by atoms with Crippen molar-refractivity contribution in [3.63, 3.8) is 0 Å². The average Bonchev–Trinajstić information content (AvgIpc) is 2.96. The van der Waals surface area contributed by atoms with E-state index in [2.05, 4.69) is 17.0 Å². The number of aryl methyl sites for hydroxylation is 1. The van der Waals surface area contributed by atoms with Gasteiger partial charge in [0.25, 0.3) is 5.91 Å². The Labute approximate surface area is 135 Å². The van der Waals surface area contributed by atoms with E-state index in [-0.39, 0.29) is 23.6 Å². The van der Waals surface area contributed by atoms with E-state index in [1.165, 1.54) is 18.6 Å². The quantitative estimate of drug-likeness (QED) is 0.874. The van der Waals surface area contributed by atoms with Crippen LogP contribution >= 0.6 is 0 Å². The third-order valence-corrected chi connectivity index (χ3v) is 4.39. The van der Waals surface area contributed by atoms with Gasteiger partial charge < -0.3 is 4.90 Å². The van der Waals surface area contributed by atoms with Gasteiger partial charge in [-0.3, -0.25) is 4.79 Å². The molecule has 0 saturated carbocycles. The second-order valence-corrected chi connectivity index (χ2v) is 5.93. The van der Waals surface area contributed by atoms with Crippen molar-refractivity contribution in [2.75, 3.05) is 6.54 Å². The fourth-order valence-electron chi connectivity index (χ4n) is 3.13. The third kappa shape index (κ3) is 3.11. The van der Waals surface area contributed by atoms with Crippen molar-refractivity contribution in [2.45, 2.75) is 45.6 Å². The van der Waals surface area contributed by atoms with Crippen molar-refractivity contribution < 1.29 is 9.18 Å². The monoisotopic (exact) mass is 316 g/mol. The van der Waals surface area contributed by atoms with Crippen LogP contribution in [0.25, 0.3) is 5.69 Å². The van der Waals surface area contributed by atoms with Crippen LogP contribution in [-0.4, -0.2) is 38.2 Å². The van der Waals surface area contributed by atoms with Gasteiger partial charge in [0.15, 0.2) is 0 Å². The first-order chi connectivity index (χ1) is 11.1. The fraction of sp³-hybridized carbons (Fsp3) is 0.471. The molecule has 1 atom stereocenters. The summed E-state index contributed by atoms with van der Waals surface area (Å²) in [6.45, 7) is 4.66. The highest BCUT2D eigenvalue weighted by Gasteiger charge is 2.29. The van der Waals surface area contributed by atoms with Crippen LogP contribution in [0.4, 0.5) is 4.39 Å². The summed E-state index contributed by atoms with van der Waals surface area (Å²) in [5, 5.41) is 4.35. The lowest BCUT2D eigenvalue weighted by Gasteiger charge is -2.34. The Balaban J connectivity index is 1.87. The van der Waals surface area contributed by atoms with Gasteiger partial charge in [0.1, 0.15) is 11.6 Å². The van der Waals surface area contributed by atoms with Crippen molar-refractivity contribution in [3.05, 3.63) is 41.7 Å². The van der Waals surface area contributed by atoms with Crippen LogP contribution in [-0.2, 0) is 0 Å². The number of carbonyl (C=O) groups is 1. The molecule has 1 amide bonds. The number of nitrogens with zero attached hydrogens (tertiary/aromatic N) is 4. The molecule has 0 unspecified atom stereocenters. The summed E-state index contributed by atoms with van der Waals surface area (Å²) in [4.78, 5) is 19.0. The molecule has 122 valence electrons. The number of aromatic nitrogens is 3. The number of hydrogen-bond donors (Lipinski definition) is 0. The molecule has 2 heterocycles. The maximum Gasteiger partial charge on any atom is 0.293 e. The maximum atomic E-state index is 13.1. The van der Waals surface area contributed by atoms with Gasteiger partial charge >= 0.3 is 0 Å². The van der Waals surface area contributed by atoms with Gasteiger partial charge in [0.2, 0.25) is 5.82 Å². The van der Waals surface area contributed by atoms with Crippen molar-refractivity contribution >= 4 is 5.91 Å². The molecule has 1 fully saturated rings. The summed E-state index contributed by atoms with van der Waals surface area (Å²) < 4.78 is 14.6. The molecule has 23 heavy (non-hydrogen) atoms. The van der Waals surface area contributed by atoms with Crippen LogP contribution in [0.1, 0.15) is 49.1 Å². The Kier molecular flexibility index (Phi) is 4.41. The van der Waals surface area contributed by atoms with Gasteiger partial charge in [-0.1, -0.05) is 6.92 Å². The van der Waals surface area contributed by atoms with E-state index < -0.39 is 0 Å². The molecule has 1 saturated heterocycles. The first-order valence-corrected chi connectivity index (χ1v) is 8.10. The van der Waals surface area contributed by atoms with Crippen LogP contribution in [0.3, 0.4) is 0 Å². The van der Waals surface area contributed by atoms with Crippen LogP contribution in [0.2, 0.25) is 0 Å². The number of rotatable bonds is 3. The molecule has 6 heteroatoms. The molecule has 0 aliphatic carbocycles. The average molecular weight is 316 g/mol. The zero-order valence-corrected chi connectivity index (χ0v) is 13.5. The van der Waals surface area contributed by atoms with Crippen molar-refractivity contribution in [1.29, 1.82) is 0 Å².